The molecule has 0 fully saturated rings. The van der Waals surface area contributed by atoms with Gasteiger partial charge in [-0.1, -0.05) is 12.1 Å². The summed E-state index contributed by atoms with van der Waals surface area (Å²) in [7, 11) is 1.35. The summed E-state index contributed by atoms with van der Waals surface area (Å²) in [6, 6.07) is 9.98. The van der Waals surface area contributed by atoms with Crippen molar-refractivity contribution in [3.63, 3.8) is 0 Å². The normalized spacial score (nSPS) is 12.7. The van der Waals surface area contributed by atoms with Gasteiger partial charge in [0.25, 0.3) is 17.7 Å². The van der Waals surface area contributed by atoms with E-state index >= 15 is 0 Å². The van der Waals surface area contributed by atoms with Crippen molar-refractivity contribution in [1.82, 2.24) is 10.2 Å². The van der Waals surface area contributed by atoms with E-state index in [2.05, 4.69) is 10.1 Å². The van der Waals surface area contributed by atoms with Crippen LogP contribution in [0.5, 0.6) is 5.75 Å². The lowest BCUT2D eigenvalue weighted by atomic mass is 10.1. The highest BCUT2D eigenvalue weighted by Gasteiger charge is 2.33. The standard InChI is InChI=1S/C21H18F2N2O6/c1-25-18(27)15-7-4-13(10-16(15)19(25)28)20(29)30-11-17(26)24-9-8-12-2-5-14(6-3-12)31-21(22)23/h2-7,10,21H,8-9,11H2,1H3,(H,24,26). The highest BCUT2D eigenvalue weighted by atomic mass is 19.3. The third-order valence-electron chi connectivity index (χ3n) is 4.54. The summed E-state index contributed by atoms with van der Waals surface area (Å²) in [5.41, 5.74) is 1.15. The van der Waals surface area contributed by atoms with Gasteiger partial charge in [0.05, 0.1) is 16.7 Å². The molecule has 10 heteroatoms. The van der Waals surface area contributed by atoms with Gasteiger partial charge in [0.15, 0.2) is 6.61 Å². The fourth-order valence-electron chi connectivity index (χ4n) is 2.94. The molecule has 0 saturated heterocycles. The van der Waals surface area contributed by atoms with Gasteiger partial charge < -0.3 is 14.8 Å². The van der Waals surface area contributed by atoms with E-state index in [0.717, 1.165) is 10.5 Å². The molecule has 3 amide bonds. The first-order valence-corrected chi connectivity index (χ1v) is 9.20. The molecule has 2 aromatic rings. The maximum atomic E-state index is 12.1. The van der Waals surface area contributed by atoms with Crippen LogP contribution in [-0.4, -0.2) is 55.4 Å². The number of imide groups is 1. The number of ether oxygens (including phenoxy) is 2. The second-order valence-corrected chi connectivity index (χ2v) is 6.63. The number of alkyl halides is 2. The molecule has 31 heavy (non-hydrogen) atoms. The molecular formula is C21H18F2N2O6. The van der Waals surface area contributed by atoms with Crippen molar-refractivity contribution in [3.8, 4) is 5.75 Å². The van der Waals surface area contributed by atoms with Gasteiger partial charge in [0.2, 0.25) is 0 Å². The lowest BCUT2D eigenvalue weighted by Gasteiger charge is -2.08. The van der Waals surface area contributed by atoms with E-state index in [4.69, 9.17) is 4.74 Å². The number of hydrogen-bond acceptors (Lipinski definition) is 6. The summed E-state index contributed by atoms with van der Waals surface area (Å²) >= 11 is 0. The molecule has 8 nitrogen and oxygen atoms in total. The summed E-state index contributed by atoms with van der Waals surface area (Å²) < 4.78 is 33.4. The molecule has 0 bridgehead atoms. The summed E-state index contributed by atoms with van der Waals surface area (Å²) in [5, 5.41) is 2.57. The van der Waals surface area contributed by atoms with Crippen molar-refractivity contribution < 1.29 is 37.4 Å². The zero-order valence-corrected chi connectivity index (χ0v) is 16.4. The average molecular weight is 432 g/mol. The highest BCUT2D eigenvalue weighted by molar-refractivity contribution is 6.21. The van der Waals surface area contributed by atoms with E-state index in [0.29, 0.717) is 6.42 Å². The molecule has 0 atom stereocenters. The Balaban J connectivity index is 1.44. The Kier molecular flexibility index (Phi) is 6.58. The summed E-state index contributed by atoms with van der Waals surface area (Å²) in [5.74, 6) is -2.25. The second kappa shape index (κ2) is 9.33. The van der Waals surface area contributed by atoms with Crippen molar-refractivity contribution in [3.05, 3.63) is 64.7 Å². The number of carbonyl (C=O) groups excluding carboxylic acids is 4. The minimum absolute atomic E-state index is 0.0407. The highest BCUT2D eigenvalue weighted by Crippen LogP contribution is 2.23. The van der Waals surface area contributed by atoms with Crippen LogP contribution in [0.4, 0.5) is 8.78 Å². The fraction of sp³-hybridized carbons (Fsp3) is 0.238. The minimum Gasteiger partial charge on any atom is -0.452 e. The second-order valence-electron chi connectivity index (χ2n) is 6.63. The molecular weight excluding hydrogens is 414 g/mol. The average Bonchev–Trinajstić information content (AvgIpc) is 2.96. The predicted molar refractivity (Wildman–Crippen MR) is 103 cm³/mol. The van der Waals surface area contributed by atoms with E-state index in [1.54, 1.807) is 12.1 Å². The molecule has 0 spiro atoms. The first-order valence-electron chi connectivity index (χ1n) is 9.20. The smallest absolute Gasteiger partial charge is 0.387 e. The van der Waals surface area contributed by atoms with Gasteiger partial charge in [-0.2, -0.15) is 8.78 Å². The SMILES string of the molecule is CN1C(=O)c2ccc(C(=O)OCC(=O)NCCc3ccc(OC(F)F)cc3)cc2C1=O. The molecule has 3 rings (SSSR count). The summed E-state index contributed by atoms with van der Waals surface area (Å²) in [6.07, 6.45) is 0.434. The number of carbonyl (C=O) groups is 4. The van der Waals surface area contributed by atoms with Crippen LogP contribution in [0.2, 0.25) is 0 Å². The van der Waals surface area contributed by atoms with E-state index in [1.165, 1.54) is 37.4 Å². The Morgan fingerprint density at radius 1 is 1.03 bits per heavy atom. The van der Waals surface area contributed by atoms with Crippen LogP contribution in [0.25, 0.3) is 0 Å². The minimum atomic E-state index is -2.89. The Morgan fingerprint density at radius 2 is 1.71 bits per heavy atom. The number of rotatable bonds is 8. The van der Waals surface area contributed by atoms with Gasteiger partial charge in [0, 0.05) is 13.6 Å². The van der Waals surface area contributed by atoms with Crippen LogP contribution in [0.15, 0.2) is 42.5 Å². The first kappa shape index (κ1) is 21.9. The van der Waals surface area contributed by atoms with Gasteiger partial charge in [-0.15, -0.1) is 0 Å². The number of esters is 1. The number of fused-ring (bicyclic) bond motifs is 1. The molecule has 0 aromatic heterocycles. The molecule has 0 saturated carbocycles. The molecule has 1 N–H and O–H groups in total. The Morgan fingerprint density at radius 3 is 2.39 bits per heavy atom. The number of nitrogens with one attached hydrogen (secondary N) is 1. The molecule has 162 valence electrons. The Hall–Kier alpha value is -3.82. The molecule has 1 aliphatic rings. The van der Waals surface area contributed by atoms with E-state index < -0.39 is 36.9 Å². The molecule has 0 aliphatic carbocycles. The summed E-state index contributed by atoms with van der Waals surface area (Å²) in [6.45, 7) is -3.18. The van der Waals surface area contributed by atoms with Crippen LogP contribution in [-0.2, 0) is 16.0 Å². The Bertz CT molecular complexity index is 1020. The number of nitrogens with zero attached hydrogens (tertiary/aromatic N) is 1. The van der Waals surface area contributed by atoms with E-state index in [1.807, 2.05) is 0 Å². The maximum absolute atomic E-state index is 12.1. The van der Waals surface area contributed by atoms with Crippen LogP contribution < -0.4 is 10.1 Å². The van der Waals surface area contributed by atoms with Gasteiger partial charge >= 0.3 is 12.6 Å². The van der Waals surface area contributed by atoms with Crippen LogP contribution in [0.1, 0.15) is 36.6 Å². The first-order chi connectivity index (χ1) is 14.8. The number of benzene rings is 2. The molecule has 1 aliphatic heterocycles. The van der Waals surface area contributed by atoms with Crippen molar-refractivity contribution in [2.45, 2.75) is 13.0 Å². The lowest BCUT2D eigenvalue weighted by molar-refractivity contribution is -0.124. The van der Waals surface area contributed by atoms with Crippen molar-refractivity contribution in [2.24, 2.45) is 0 Å². The topological polar surface area (TPSA) is 102 Å². The van der Waals surface area contributed by atoms with Crippen LogP contribution in [0, 0.1) is 0 Å². The molecule has 1 heterocycles. The van der Waals surface area contributed by atoms with Crippen molar-refractivity contribution in [1.29, 1.82) is 0 Å². The van der Waals surface area contributed by atoms with Crippen LogP contribution >= 0.6 is 0 Å². The lowest BCUT2D eigenvalue weighted by Crippen LogP contribution is -2.30. The van der Waals surface area contributed by atoms with Gasteiger partial charge in [-0.25, -0.2) is 4.79 Å². The quantitative estimate of drug-likeness (QED) is 0.506. The molecule has 2 aromatic carbocycles. The van der Waals surface area contributed by atoms with E-state index in [-0.39, 0.29) is 29.0 Å². The zero-order valence-electron chi connectivity index (χ0n) is 16.4. The summed E-state index contributed by atoms with van der Waals surface area (Å²) in [4.78, 5) is 48.8. The largest absolute Gasteiger partial charge is 0.452 e. The molecule has 0 unspecified atom stereocenters. The number of halogens is 2. The third kappa shape index (κ3) is 5.21. The van der Waals surface area contributed by atoms with E-state index in [9.17, 15) is 28.0 Å². The van der Waals surface area contributed by atoms with Gasteiger partial charge in [-0.05, 0) is 42.3 Å². The van der Waals surface area contributed by atoms with Crippen molar-refractivity contribution >= 4 is 23.7 Å². The Labute approximate surface area is 175 Å². The number of hydrogen-bond donors (Lipinski definition) is 1. The third-order valence-corrected chi connectivity index (χ3v) is 4.54. The maximum Gasteiger partial charge on any atom is 0.387 e. The fourth-order valence-corrected chi connectivity index (χ4v) is 2.94. The monoisotopic (exact) mass is 432 g/mol. The van der Waals surface area contributed by atoms with Crippen LogP contribution in [0.3, 0.4) is 0 Å². The van der Waals surface area contributed by atoms with Crippen molar-refractivity contribution in [2.75, 3.05) is 20.2 Å². The number of amides is 3. The van der Waals surface area contributed by atoms with Gasteiger partial charge in [0.1, 0.15) is 5.75 Å². The predicted octanol–water partition coefficient (Wildman–Crippen LogP) is 2.03. The van der Waals surface area contributed by atoms with Gasteiger partial charge in [-0.3, -0.25) is 19.3 Å². The molecule has 0 radical (unpaired) electrons. The zero-order chi connectivity index (χ0) is 22.5.